The fourth-order valence-electron chi connectivity index (χ4n) is 3.77. The van der Waals surface area contributed by atoms with Gasteiger partial charge in [-0.25, -0.2) is 0 Å². The Hall–Kier alpha value is -3.80. The predicted molar refractivity (Wildman–Crippen MR) is 109 cm³/mol. The van der Waals surface area contributed by atoms with Crippen LogP contribution in [0.2, 0.25) is 0 Å². The number of benzene rings is 3. The Kier molecular flexibility index (Phi) is 3.58. The van der Waals surface area contributed by atoms with Crippen LogP contribution in [0.3, 0.4) is 0 Å². The Bertz CT molecular complexity index is 1280. The van der Waals surface area contributed by atoms with Gasteiger partial charge in [-0.05, 0) is 43.3 Å². The van der Waals surface area contributed by atoms with Crippen molar-refractivity contribution in [3.05, 3.63) is 72.1 Å². The molecule has 1 N–H and O–H groups in total. The quantitative estimate of drug-likeness (QED) is 0.593. The minimum atomic E-state index is -0.232. The number of amides is 2. The number of nitrogens with one attached hydrogen (secondary N) is 1. The first-order chi connectivity index (χ1) is 13.7. The molecule has 3 aromatic carbocycles. The van der Waals surface area contributed by atoms with Crippen molar-refractivity contribution in [2.45, 2.75) is 6.92 Å². The van der Waals surface area contributed by atoms with Gasteiger partial charge < -0.3 is 10.2 Å². The molecule has 6 nitrogen and oxygen atoms in total. The highest BCUT2D eigenvalue weighted by Crippen LogP contribution is 2.40. The van der Waals surface area contributed by atoms with Gasteiger partial charge >= 0.3 is 0 Å². The number of hydrogen-bond donors (Lipinski definition) is 1. The molecular formula is C22H16N4O2. The summed E-state index contributed by atoms with van der Waals surface area (Å²) >= 11 is 0. The maximum atomic E-state index is 12.8. The van der Waals surface area contributed by atoms with Crippen LogP contribution in [0, 0.1) is 0 Å². The molecule has 0 unspecified atom stereocenters. The molecule has 1 aromatic heterocycles. The topological polar surface area (TPSA) is 75.2 Å². The van der Waals surface area contributed by atoms with E-state index >= 15 is 0 Å². The van der Waals surface area contributed by atoms with Crippen LogP contribution >= 0.6 is 0 Å². The van der Waals surface area contributed by atoms with Gasteiger partial charge in [0.15, 0.2) is 0 Å². The highest BCUT2D eigenvalue weighted by atomic mass is 16.2. The second kappa shape index (κ2) is 6.13. The van der Waals surface area contributed by atoms with E-state index in [1.807, 2.05) is 37.3 Å². The van der Waals surface area contributed by atoms with Gasteiger partial charge in [0.1, 0.15) is 0 Å². The summed E-state index contributed by atoms with van der Waals surface area (Å²) < 4.78 is 0. The van der Waals surface area contributed by atoms with Crippen LogP contribution in [0.5, 0.6) is 0 Å². The standard InChI is InChI=1S/C22H16N4O2/c1-2-26-19-9-8-16(14-4-3-5-15(20(14)19)22(26)28)25-21(27)13-6-7-17-18(12-13)24-11-10-23-17/h3-12H,2H2,1H3,(H,25,27). The molecule has 4 aromatic rings. The zero-order chi connectivity index (χ0) is 19.3. The number of anilines is 2. The number of rotatable bonds is 3. The Morgan fingerprint density at radius 1 is 1.04 bits per heavy atom. The first kappa shape index (κ1) is 16.4. The van der Waals surface area contributed by atoms with Gasteiger partial charge in [0, 0.05) is 46.5 Å². The fraction of sp³-hybridized carbons (Fsp3) is 0.0909. The van der Waals surface area contributed by atoms with E-state index in [9.17, 15) is 9.59 Å². The molecule has 0 saturated heterocycles. The van der Waals surface area contributed by atoms with Gasteiger partial charge in [-0.2, -0.15) is 0 Å². The third-order valence-corrected chi connectivity index (χ3v) is 5.08. The van der Waals surface area contributed by atoms with Crippen LogP contribution in [0.15, 0.2) is 60.9 Å². The van der Waals surface area contributed by atoms with E-state index in [1.54, 1.807) is 35.5 Å². The van der Waals surface area contributed by atoms with Crippen molar-refractivity contribution in [1.29, 1.82) is 0 Å². The van der Waals surface area contributed by atoms with Crippen molar-refractivity contribution in [1.82, 2.24) is 9.97 Å². The molecular weight excluding hydrogens is 352 g/mol. The summed E-state index contributed by atoms with van der Waals surface area (Å²) in [7, 11) is 0. The molecule has 2 heterocycles. The third kappa shape index (κ3) is 2.35. The van der Waals surface area contributed by atoms with Gasteiger partial charge in [0.2, 0.25) is 0 Å². The zero-order valence-electron chi connectivity index (χ0n) is 15.1. The third-order valence-electron chi connectivity index (χ3n) is 5.08. The predicted octanol–water partition coefficient (Wildman–Crippen LogP) is 4.02. The summed E-state index contributed by atoms with van der Waals surface area (Å²) in [5.41, 5.74) is 4.14. The summed E-state index contributed by atoms with van der Waals surface area (Å²) in [6.07, 6.45) is 3.22. The van der Waals surface area contributed by atoms with E-state index in [0.29, 0.717) is 28.9 Å². The van der Waals surface area contributed by atoms with Crippen LogP contribution in [-0.2, 0) is 0 Å². The molecule has 136 valence electrons. The summed E-state index contributed by atoms with van der Waals surface area (Å²) in [4.78, 5) is 35.7. The van der Waals surface area contributed by atoms with E-state index in [1.165, 1.54) is 0 Å². The molecule has 0 aliphatic carbocycles. The minimum absolute atomic E-state index is 0.000296. The van der Waals surface area contributed by atoms with Crippen molar-refractivity contribution in [3.63, 3.8) is 0 Å². The number of nitrogens with zero attached hydrogens (tertiary/aromatic N) is 3. The highest BCUT2D eigenvalue weighted by molar-refractivity contribution is 6.27. The van der Waals surface area contributed by atoms with E-state index in [-0.39, 0.29) is 11.8 Å². The Morgan fingerprint density at radius 2 is 1.86 bits per heavy atom. The molecule has 0 spiro atoms. The second-order valence-electron chi connectivity index (χ2n) is 6.62. The molecule has 5 rings (SSSR count). The van der Waals surface area contributed by atoms with Crippen LogP contribution in [0.4, 0.5) is 11.4 Å². The number of aromatic nitrogens is 2. The fourth-order valence-corrected chi connectivity index (χ4v) is 3.77. The number of carbonyl (C=O) groups excluding carboxylic acids is 2. The number of fused-ring (bicyclic) bond motifs is 1. The van der Waals surface area contributed by atoms with E-state index in [2.05, 4.69) is 15.3 Å². The monoisotopic (exact) mass is 368 g/mol. The van der Waals surface area contributed by atoms with Crippen LogP contribution in [-0.4, -0.2) is 28.3 Å². The Labute approximate surface area is 160 Å². The van der Waals surface area contributed by atoms with Gasteiger partial charge in [-0.15, -0.1) is 0 Å². The van der Waals surface area contributed by atoms with Crippen LogP contribution < -0.4 is 10.2 Å². The van der Waals surface area contributed by atoms with Gasteiger partial charge in [0.05, 0.1) is 16.7 Å². The Morgan fingerprint density at radius 3 is 2.68 bits per heavy atom. The maximum absolute atomic E-state index is 12.8. The summed E-state index contributed by atoms with van der Waals surface area (Å²) in [6.45, 7) is 2.56. The van der Waals surface area contributed by atoms with E-state index < -0.39 is 0 Å². The SMILES string of the molecule is CCN1C(=O)c2cccc3c(NC(=O)c4ccc5nccnc5c4)ccc1c23. The molecule has 6 heteroatoms. The first-order valence-electron chi connectivity index (χ1n) is 9.07. The minimum Gasteiger partial charge on any atom is -0.321 e. The second-order valence-corrected chi connectivity index (χ2v) is 6.62. The van der Waals surface area contributed by atoms with Crippen LogP contribution in [0.25, 0.3) is 21.8 Å². The largest absolute Gasteiger partial charge is 0.321 e. The average molecular weight is 368 g/mol. The first-order valence-corrected chi connectivity index (χ1v) is 9.07. The molecule has 0 atom stereocenters. The molecule has 2 amide bonds. The van der Waals surface area contributed by atoms with Crippen molar-refractivity contribution >= 4 is 45.0 Å². The summed E-state index contributed by atoms with van der Waals surface area (Å²) in [6, 6.07) is 14.6. The average Bonchev–Trinajstić information content (AvgIpc) is 3.02. The van der Waals surface area contributed by atoms with E-state index in [0.717, 1.165) is 22.0 Å². The van der Waals surface area contributed by atoms with Crippen molar-refractivity contribution in [2.75, 3.05) is 16.8 Å². The lowest BCUT2D eigenvalue weighted by Gasteiger charge is -2.15. The van der Waals surface area contributed by atoms with Gasteiger partial charge in [-0.3, -0.25) is 19.6 Å². The van der Waals surface area contributed by atoms with E-state index in [4.69, 9.17) is 0 Å². The van der Waals surface area contributed by atoms with Crippen LogP contribution in [0.1, 0.15) is 27.6 Å². The lowest BCUT2D eigenvalue weighted by molar-refractivity contribution is 0.0992. The van der Waals surface area contributed by atoms with Crippen molar-refractivity contribution < 1.29 is 9.59 Å². The van der Waals surface area contributed by atoms with Crippen molar-refractivity contribution in [2.24, 2.45) is 0 Å². The van der Waals surface area contributed by atoms with Gasteiger partial charge in [0.25, 0.3) is 11.8 Å². The summed E-state index contributed by atoms with van der Waals surface area (Å²) in [5, 5.41) is 4.72. The lowest BCUT2D eigenvalue weighted by atomic mass is 10.0. The number of carbonyl (C=O) groups is 2. The lowest BCUT2D eigenvalue weighted by Crippen LogP contribution is -2.25. The molecule has 1 aliphatic rings. The Balaban J connectivity index is 1.56. The van der Waals surface area contributed by atoms with Crippen molar-refractivity contribution in [3.8, 4) is 0 Å². The highest BCUT2D eigenvalue weighted by Gasteiger charge is 2.29. The van der Waals surface area contributed by atoms with Gasteiger partial charge in [-0.1, -0.05) is 12.1 Å². The normalized spacial score (nSPS) is 12.8. The summed E-state index contributed by atoms with van der Waals surface area (Å²) in [5.74, 6) is -0.232. The molecule has 0 radical (unpaired) electrons. The maximum Gasteiger partial charge on any atom is 0.258 e. The zero-order valence-corrected chi connectivity index (χ0v) is 15.1. The molecule has 0 fully saturated rings. The molecule has 1 aliphatic heterocycles. The molecule has 0 bridgehead atoms. The smallest absolute Gasteiger partial charge is 0.258 e. The number of hydrogen-bond acceptors (Lipinski definition) is 4. The molecule has 28 heavy (non-hydrogen) atoms. The molecule has 0 saturated carbocycles.